The minimum Gasteiger partial charge on any atom is -0.493 e. The molecule has 0 spiro atoms. The van der Waals surface area contributed by atoms with Crippen LogP contribution in [0.15, 0.2) is 16.5 Å². The number of benzene rings is 1. The Morgan fingerprint density at radius 1 is 1.17 bits per heavy atom. The number of hydrogen-bond donors (Lipinski definition) is 1. The molecule has 1 atom stereocenters. The van der Waals surface area contributed by atoms with Crippen LogP contribution in [-0.4, -0.2) is 34.9 Å². The maximum absolute atomic E-state index is 11.5. The topological polar surface area (TPSA) is 81.8 Å². The summed E-state index contributed by atoms with van der Waals surface area (Å²) in [6, 6.07) is 3.95. The summed E-state index contributed by atoms with van der Waals surface area (Å²) in [7, 11) is 0. The zero-order chi connectivity index (χ0) is 22.6. The van der Waals surface area contributed by atoms with E-state index in [1.165, 1.54) is 0 Å². The van der Waals surface area contributed by atoms with E-state index in [-0.39, 0.29) is 11.5 Å². The smallest absolute Gasteiger partial charge is 0.333 e. The van der Waals surface area contributed by atoms with Gasteiger partial charge in [-0.3, -0.25) is 0 Å². The van der Waals surface area contributed by atoms with Gasteiger partial charge in [0.05, 0.1) is 18.4 Å². The molecule has 30 heavy (non-hydrogen) atoms. The van der Waals surface area contributed by atoms with Crippen molar-refractivity contribution >= 4 is 5.97 Å². The van der Waals surface area contributed by atoms with Crippen LogP contribution in [0.5, 0.6) is 5.75 Å². The highest BCUT2D eigenvalue weighted by molar-refractivity contribution is 5.72. The van der Waals surface area contributed by atoms with E-state index in [0.717, 1.165) is 39.8 Å². The first-order valence-corrected chi connectivity index (χ1v) is 10.5. The lowest BCUT2D eigenvalue weighted by Crippen LogP contribution is -2.29. The molecule has 1 N–H and O–H groups in total. The number of carboxylic acid groups (broad SMARTS) is 1. The van der Waals surface area contributed by atoms with Crippen molar-refractivity contribution in [3.63, 3.8) is 0 Å². The highest BCUT2D eigenvalue weighted by Crippen LogP contribution is 2.27. The zero-order valence-corrected chi connectivity index (χ0v) is 19.5. The average molecular weight is 418 g/mol. The van der Waals surface area contributed by atoms with Crippen molar-refractivity contribution in [1.82, 2.24) is 4.98 Å². The van der Waals surface area contributed by atoms with E-state index in [1.54, 1.807) is 0 Å². The Hall–Kier alpha value is -2.34. The summed E-state index contributed by atoms with van der Waals surface area (Å²) in [6.45, 7) is 16.3. The van der Waals surface area contributed by atoms with Gasteiger partial charge in [-0.1, -0.05) is 32.9 Å². The van der Waals surface area contributed by atoms with Crippen molar-refractivity contribution in [3.05, 3.63) is 46.2 Å². The molecule has 1 aromatic heterocycles. The Balaban J connectivity index is 2.06. The van der Waals surface area contributed by atoms with Gasteiger partial charge in [0, 0.05) is 18.3 Å². The Labute approximate surface area is 179 Å². The van der Waals surface area contributed by atoms with Crippen molar-refractivity contribution in [2.45, 2.75) is 85.9 Å². The zero-order valence-electron chi connectivity index (χ0n) is 19.5. The van der Waals surface area contributed by atoms with Gasteiger partial charge in [-0.05, 0) is 51.3 Å². The van der Waals surface area contributed by atoms with Crippen LogP contribution < -0.4 is 4.74 Å². The van der Waals surface area contributed by atoms with Gasteiger partial charge in [0.2, 0.25) is 0 Å². The minimum atomic E-state index is -0.947. The summed E-state index contributed by atoms with van der Waals surface area (Å²) in [5.74, 6) is 1.45. The number of nitrogens with zero attached hydrogens (tertiary/aromatic N) is 1. The van der Waals surface area contributed by atoms with E-state index in [1.807, 2.05) is 46.8 Å². The van der Waals surface area contributed by atoms with Crippen LogP contribution in [0.25, 0.3) is 0 Å². The molecule has 0 saturated heterocycles. The molecule has 166 valence electrons. The molecule has 0 bridgehead atoms. The van der Waals surface area contributed by atoms with Crippen molar-refractivity contribution in [3.8, 4) is 5.75 Å². The summed E-state index contributed by atoms with van der Waals surface area (Å²) in [6.07, 6.45) is -0.0177. The largest absolute Gasteiger partial charge is 0.493 e. The second-order valence-electron chi connectivity index (χ2n) is 9.14. The lowest BCUT2D eigenvalue weighted by molar-refractivity contribution is -0.153. The highest BCUT2D eigenvalue weighted by Gasteiger charge is 2.23. The van der Waals surface area contributed by atoms with Crippen LogP contribution in [-0.2, 0) is 27.8 Å². The van der Waals surface area contributed by atoms with Gasteiger partial charge in [0.25, 0.3) is 0 Å². The van der Waals surface area contributed by atoms with Crippen LogP contribution in [0.1, 0.15) is 68.7 Å². The predicted molar refractivity (Wildman–Crippen MR) is 116 cm³/mol. The van der Waals surface area contributed by atoms with Gasteiger partial charge in [-0.25, -0.2) is 9.78 Å². The maximum atomic E-state index is 11.5. The van der Waals surface area contributed by atoms with Crippen LogP contribution in [0.2, 0.25) is 0 Å². The summed E-state index contributed by atoms with van der Waals surface area (Å²) in [5, 5.41) is 9.41. The number of aliphatic carboxylic acids is 1. The summed E-state index contributed by atoms with van der Waals surface area (Å²) < 4.78 is 17.4. The second-order valence-corrected chi connectivity index (χ2v) is 9.14. The van der Waals surface area contributed by atoms with Crippen molar-refractivity contribution in [2.75, 3.05) is 6.61 Å². The normalized spacial score (nSPS) is 13.0. The van der Waals surface area contributed by atoms with E-state index < -0.39 is 12.1 Å². The van der Waals surface area contributed by atoms with E-state index in [4.69, 9.17) is 13.9 Å². The molecule has 0 amide bonds. The molecular formula is C24H35NO5. The van der Waals surface area contributed by atoms with Crippen molar-refractivity contribution < 1.29 is 23.8 Å². The first kappa shape index (κ1) is 23.9. The highest BCUT2D eigenvalue weighted by atomic mass is 16.5. The third-order valence-corrected chi connectivity index (χ3v) is 4.77. The molecule has 6 nitrogen and oxygen atoms in total. The molecule has 0 aliphatic rings. The molecule has 0 unspecified atom stereocenters. The Morgan fingerprint density at radius 2 is 1.77 bits per heavy atom. The molecule has 6 heteroatoms. The molecular weight excluding hydrogens is 382 g/mol. The molecule has 0 fully saturated rings. The van der Waals surface area contributed by atoms with Gasteiger partial charge in [0.1, 0.15) is 11.5 Å². The fourth-order valence-corrected chi connectivity index (χ4v) is 3.35. The SMILES string of the molecule is Cc1cc(C[C@H](OC(C)C)C(=O)O)cc(C)c1OCCc1nc(C(C)(C)C)oc1C. The number of ether oxygens (including phenoxy) is 2. The minimum absolute atomic E-state index is 0.125. The Kier molecular flexibility index (Phi) is 7.70. The number of carboxylic acids is 1. The fourth-order valence-electron chi connectivity index (χ4n) is 3.35. The first-order valence-electron chi connectivity index (χ1n) is 10.5. The number of aromatic nitrogens is 1. The third kappa shape index (κ3) is 6.33. The van der Waals surface area contributed by atoms with Gasteiger partial charge in [-0.2, -0.15) is 0 Å². The molecule has 0 aliphatic heterocycles. The van der Waals surface area contributed by atoms with Gasteiger partial charge >= 0.3 is 5.97 Å². The molecule has 0 aliphatic carbocycles. The first-order chi connectivity index (χ1) is 13.9. The summed E-state index contributed by atoms with van der Waals surface area (Å²) in [5.41, 5.74) is 3.67. The number of carbonyl (C=O) groups is 1. The van der Waals surface area contributed by atoms with Crippen molar-refractivity contribution in [1.29, 1.82) is 0 Å². The predicted octanol–water partition coefficient (Wildman–Crippen LogP) is 4.94. The number of aryl methyl sites for hydroxylation is 3. The van der Waals surface area contributed by atoms with Gasteiger partial charge < -0.3 is 19.0 Å². The van der Waals surface area contributed by atoms with E-state index in [9.17, 15) is 9.90 Å². The van der Waals surface area contributed by atoms with Crippen molar-refractivity contribution in [2.24, 2.45) is 0 Å². The molecule has 2 aromatic rings. The molecule has 0 radical (unpaired) electrons. The van der Waals surface area contributed by atoms with Crippen LogP contribution in [0.3, 0.4) is 0 Å². The van der Waals surface area contributed by atoms with Gasteiger partial charge in [-0.15, -0.1) is 0 Å². The molecule has 0 saturated carbocycles. The third-order valence-electron chi connectivity index (χ3n) is 4.77. The second kappa shape index (κ2) is 9.65. The molecule has 1 aromatic carbocycles. The summed E-state index contributed by atoms with van der Waals surface area (Å²) in [4.78, 5) is 16.1. The molecule has 2 rings (SSSR count). The van der Waals surface area contributed by atoms with Crippen LogP contribution in [0.4, 0.5) is 0 Å². The fraction of sp³-hybridized carbons (Fsp3) is 0.583. The quantitative estimate of drug-likeness (QED) is 0.622. The summed E-state index contributed by atoms with van der Waals surface area (Å²) >= 11 is 0. The van der Waals surface area contributed by atoms with E-state index in [2.05, 4.69) is 25.8 Å². The van der Waals surface area contributed by atoms with Crippen LogP contribution in [0, 0.1) is 20.8 Å². The molecule has 1 heterocycles. The van der Waals surface area contributed by atoms with Crippen LogP contribution >= 0.6 is 0 Å². The van der Waals surface area contributed by atoms with Gasteiger partial charge in [0.15, 0.2) is 12.0 Å². The van der Waals surface area contributed by atoms with E-state index in [0.29, 0.717) is 19.4 Å². The monoisotopic (exact) mass is 417 g/mol. The Morgan fingerprint density at radius 3 is 2.23 bits per heavy atom. The number of hydrogen-bond acceptors (Lipinski definition) is 5. The number of oxazole rings is 1. The Bertz CT molecular complexity index is 853. The number of rotatable bonds is 9. The maximum Gasteiger partial charge on any atom is 0.333 e. The standard InChI is InChI=1S/C24H35NO5/c1-14(2)29-20(22(26)27)13-18-11-15(3)21(16(4)12-18)28-10-9-19-17(5)30-23(25-19)24(6,7)8/h11-12,14,20H,9-10,13H2,1-8H3,(H,26,27)/t20-/m0/s1. The lowest BCUT2D eigenvalue weighted by atomic mass is 9.97. The average Bonchev–Trinajstić information content (AvgIpc) is 2.97. The van der Waals surface area contributed by atoms with E-state index >= 15 is 0 Å². The lowest BCUT2D eigenvalue weighted by Gasteiger charge is -2.18.